The van der Waals surface area contributed by atoms with E-state index in [9.17, 15) is 0 Å². The van der Waals surface area contributed by atoms with E-state index in [1.807, 2.05) is 0 Å². The number of likely N-dealkylation sites (tertiary alicyclic amines) is 1. The van der Waals surface area contributed by atoms with E-state index in [0.29, 0.717) is 6.04 Å². The van der Waals surface area contributed by atoms with Crippen molar-refractivity contribution >= 4 is 0 Å². The molecule has 1 aliphatic rings. The third-order valence-electron chi connectivity index (χ3n) is 4.41. The third kappa shape index (κ3) is 4.26. The molecule has 0 aromatic carbocycles. The van der Waals surface area contributed by atoms with Crippen LogP contribution in [0.4, 0.5) is 0 Å². The zero-order chi connectivity index (χ0) is 12.8. The summed E-state index contributed by atoms with van der Waals surface area (Å²) in [6, 6.07) is 1.49. The lowest BCUT2D eigenvalue weighted by atomic mass is 9.96. The summed E-state index contributed by atoms with van der Waals surface area (Å²) in [5.41, 5.74) is 0. The van der Waals surface area contributed by atoms with Gasteiger partial charge >= 0.3 is 0 Å². The molecule has 0 amide bonds. The molecule has 3 atom stereocenters. The molecule has 1 N–H and O–H groups in total. The van der Waals surface area contributed by atoms with Crippen LogP contribution in [0.15, 0.2) is 0 Å². The molecule has 3 unspecified atom stereocenters. The predicted molar refractivity (Wildman–Crippen MR) is 76.4 cm³/mol. The van der Waals surface area contributed by atoms with Crippen LogP contribution >= 0.6 is 0 Å². The smallest absolute Gasteiger partial charge is 0.0220 e. The van der Waals surface area contributed by atoms with Crippen LogP contribution < -0.4 is 5.32 Å². The Kier molecular flexibility index (Phi) is 6.50. The van der Waals surface area contributed by atoms with Crippen LogP contribution in [-0.4, -0.2) is 36.6 Å². The fourth-order valence-corrected chi connectivity index (χ4v) is 3.08. The second-order valence-electron chi connectivity index (χ2n) is 6.00. The highest BCUT2D eigenvalue weighted by molar-refractivity contribution is 4.86. The number of hydrogen-bond acceptors (Lipinski definition) is 2. The molecule has 0 bridgehead atoms. The summed E-state index contributed by atoms with van der Waals surface area (Å²) >= 11 is 0. The van der Waals surface area contributed by atoms with Gasteiger partial charge in [0.05, 0.1) is 0 Å². The van der Waals surface area contributed by atoms with Gasteiger partial charge in [0, 0.05) is 18.6 Å². The topological polar surface area (TPSA) is 15.3 Å². The molecule has 1 fully saturated rings. The second-order valence-corrected chi connectivity index (χ2v) is 6.00. The standard InChI is InChI=1S/C15H32N2/c1-6-13(5)14(16-7-2)11-17-10-8-9-15(17)12(3)4/h12-16H,6-11H2,1-5H3. The highest BCUT2D eigenvalue weighted by atomic mass is 15.2. The Morgan fingerprint density at radius 3 is 2.47 bits per heavy atom. The summed E-state index contributed by atoms with van der Waals surface area (Å²) in [7, 11) is 0. The molecule has 0 spiro atoms. The lowest BCUT2D eigenvalue weighted by Gasteiger charge is -2.33. The zero-order valence-corrected chi connectivity index (χ0v) is 12.5. The Morgan fingerprint density at radius 1 is 1.24 bits per heavy atom. The number of likely N-dealkylation sites (N-methyl/N-ethyl adjacent to an activating group) is 1. The molecule has 0 aromatic rings. The van der Waals surface area contributed by atoms with Gasteiger partial charge in [0.1, 0.15) is 0 Å². The third-order valence-corrected chi connectivity index (χ3v) is 4.41. The highest BCUT2D eigenvalue weighted by Gasteiger charge is 2.29. The van der Waals surface area contributed by atoms with Gasteiger partial charge in [0.25, 0.3) is 0 Å². The first-order chi connectivity index (χ1) is 8.10. The van der Waals surface area contributed by atoms with Gasteiger partial charge in [-0.05, 0) is 37.8 Å². The molecule has 0 radical (unpaired) electrons. The second kappa shape index (κ2) is 7.38. The number of hydrogen-bond donors (Lipinski definition) is 1. The summed E-state index contributed by atoms with van der Waals surface area (Å²) in [5.74, 6) is 1.58. The minimum atomic E-state index is 0.671. The van der Waals surface area contributed by atoms with Crippen molar-refractivity contribution in [1.82, 2.24) is 10.2 Å². The first kappa shape index (κ1) is 15.0. The van der Waals surface area contributed by atoms with Crippen LogP contribution in [0.25, 0.3) is 0 Å². The van der Waals surface area contributed by atoms with Crippen LogP contribution in [0.5, 0.6) is 0 Å². The van der Waals surface area contributed by atoms with Gasteiger partial charge in [-0.15, -0.1) is 0 Å². The minimum Gasteiger partial charge on any atom is -0.313 e. The Morgan fingerprint density at radius 2 is 1.94 bits per heavy atom. The minimum absolute atomic E-state index is 0.671. The monoisotopic (exact) mass is 240 g/mol. The van der Waals surface area contributed by atoms with Crippen LogP contribution in [0.2, 0.25) is 0 Å². The number of rotatable bonds is 7. The lowest BCUT2D eigenvalue weighted by molar-refractivity contribution is 0.167. The Labute approximate surface area is 108 Å². The molecule has 1 rings (SSSR count). The van der Waals surface area contributed by atoms with Crippen molar-refractivity contribution in [2.45, 2.75) is 66.0 Å². The zero-order valence-electron chi connectivity index (χ0n) is 12.5. The van der Waals surface area contributed by atoms with E-state index in [0.717, 1.165) is 24.4 Å². The van der Waals surface area contributed by atoms with Crippen LogP contribution in [-0.2, 0) is 0 Å². The van der Waals surface area contributed by atoms with Crippen LogP contribution in [0.3, 0.4) is 0 Å². The van der Waals surface area contributed by atoms with Crippen molar-refractivity contribution in [2.75, 3.05) is 19.6 Å². The SMILES string of the molecule is CCNC(CN1CCCC1C(C)C)C(C)CC. The van der Waals surface area contributed by atoms with Crippen LogP contribution in [0.1, 0.15) is 53.9 Å². The molecular weight excluding hydrogens is 208 g/mol. The van der Waals surface area contributed by atoms with Crippen molar-refractivity contribution in [3.63, 3.8) is 0 Å². The van der Waals surface area contributed by atoms with E-state index in [2.05, 4.69) is 44.8 Å². The molecule has 1 aliphatic heterocycles. The molecule has 1 heterocycles. The summed E-state index contributed by atoms with van der Waals surface area (Å²) in [6.45, 7) is 15.3. The maximum Gasteiger partial charge on any atom is 0.0220 e. The van der Waals surface area contributed by atoms with E-state index >= 15 is 0 Å². The Hall–Kier alpha value is -0.0800. The average molecular weight is 240 g/mol. The van der Waals surface area contributed by atoms with Crippen molar-refractivity contribution in [1.29, 1.82) is 0 Å². The normalized spacial score (nSPS) is 25.4. The van der Waals surface area contributed by atoms with Gasteiger partial charge in [0.15, 0.2) is 0 Å². The summed E-state index contributed by atoms with van der Waals surface area (Å²) in [6.07, 6.45) is 4.07. The van der Waals surface area contributed by atoms with Gasteiger partial charge in [-0.2, -0.15) is 0 Å². The van der Waals surface area contributed by atoms with Gasteiger partial charge < -0.3 is 5.32 Å². The maximum atomic E-state index is 3.68. The molecular formula is C15H32N2. The Balaban J connectivity index is 2.53. The van der Waals surface area contributed by atoms with E-state index in [1.54, 1.807) is 0 Å². The number of nitrogens with one attached hydrogen (secondary N) is 1. The molecule has 2 nitrogen and oxygen atoms in total. The molecule has 0 aliphatic carbocycles. The molecule has 0 aromatic heterocycles. The van der Waals surface area contributed by atoms with E-state index in [4.69, 9.17) is 0 Å². The quantitative estimate of drug-likeness (QED) is 0.735. The Bertz CT molecular complexity index is 203. The lowest BCUT2D eigenvalue weighted by Crippen LogP contribution is -2.47. The summed E-state index contributed by atoms with van der Waals surface area (Å²) in [4.78, 5) is 2.73. The van der Waals surface area contributed by atoms with Gasteiger partial charge in [-0.3, -0.25) is 4.90 Å². The van der Waals surface area contributed by atoms with Gasteiger partial charge in [-0.25, -0.2) is 0 Å². The maximum absolute atomic E-state index is 3.68. The predicted octanol–water partition coefficient (Wildman–Crippen LogP) is 3.13. The van der Waals surface area contributed by atoms with Crippen molar-refractivity contribution < 1.29 is 0 Å². The molecule has 17 heavy (non-hydrogen) atoms. The fourth-order valence-electron chi connectivity index (χ4n) is 3.08. The first-order valence-corrected chi connectivity index (χ1v) is 7.57. The van der Waals surface area contributed by atoms with Gasteiger partial charge in [-0.1, -0.05) is 41.0 Å². The van der Waals surface area contributed by atoms with E-state index in [-0.39, 0.29) is 0 Å². The van der Waals surface area contributed by atoms with E-state index < -0.39 is 0 Å². The highest BCUT2D eigenvalue weighted by Crippen LogP contribution is 2.24. The van der Waals surface area contributed by atoms with E-state index in [1.165, 1.54) is 32.4 Å². The summed E-state index contributed by atoms with van der Waals surface area (Å²) < 4.78 is 0. The van der Waals surface area contributed by atoms with Crippen LogP contribution in [0, 0.1) is 11.8 Å². The molecule has 1 saturated heterocycles. The van der Waals surface area contributed by atoms with Crippen molar-refractivity contribution in [3.05, 3.63) is 0 Å². The first-order valence-electron chi connectivity index (χ1n) is 7.57. The molecule has 0 saturated carbocycles. The average Bonchev–Trinajstić information content (AvgIpc) is 2.75. The summed E-state index contributed by atoms with van der Waals surface area (Å²) in [5, 5.41) is 3.68. The number of nitrogens with zero attached hydrogens (tertiary/aromatic N) is 1. The fraction of sp³-hybridized carbons (Fsp3) is 1.00. The largest absolute Gasteiger partial charge is 0.313 e. The van der Waals surface area contributed by atoms with Gasteiger partial charge in [0.2, 0.25) is 0 Å². The van der Waals surface area contributed by atoms with Crippen molar-refractivity contribution in [3.8, 4) is 0 Å². The molecule has 102 valence electrons. The van der Waals surface area contributed by atoms with Crippen molar-refractivity contribution in [2.24, 2.45) is 11.8 Å². The molecule has 2 heteroatoms.